The van der Waals surface area contributed by atoms with Gasteiger partial charge >= 0.3 is 10.2 Å². The monoisotopic (exact) mass is 508 g/mol. The van der Waals surface area contributed by atoms with Gasteiger partial charge in [0.2, 0.25) is 0 Å². The first-order valence-electron chi connectivity index (χ1n) is 9.55. The molecule has 1 aromatic heterocycles. The van der Waals surface area contributed by atoms with E-state index >= 15 is 0 Å². The van der Waals surface area contributed by atoms with Gasteiger partial charge < -0.3 is 30.3 Å². The Hall–Kier alpha value is -3.43. The van der Waals surface area contributed by atoms with Crippen LogP contribution in [0.1, 0.15) is 0 Å². The van der Waals surface area contributed by atoms with Crippen LogP contribution in [0.5, 0.6) is 0 Å². The van der Waals surface area contributed by atoms with Gasteiger partial charge in [0.25, 0.3) is 11.8 Å². The van der Waals surface area contributed by atoms with E-state index in [1.165, 1.54) is 18.2 Å². The lowest BCUT2D eigenvalue weighted by Crippen LogP contribution is -2.55. The van der Waals surface area contributed by atoms with Crippen LogP contribution in [0.2, 0.25) is 0 Å². The van der Waals surface area contributed by atoms with Gasteiger partial charge in [-0.15, -0.1) is 0 Å². The number of hydrogen-bond donors (Lipinski definition) is 3. The molecule has 15 heteroatoms. The molecule has 34 heavy (non-hydrogen) atoms. The number of rotatable bonds is 5. The van der Waals surface area contributed by atoms with E-state index in [0.717, 1.165) is 17.0 Å². The largest absolute Gasteiger partial charge is 0.380 e. The quantitative estimate of drug-likeness (QED) is 0.447. The zero-order valence-electron chi connectivity index (χ0n) is 17.0. The molecule has 0 bridgehead atoms. The Bertz CT molecular complexity index is 1300. The van der Waals surface area contributed by atoms with Crippen LogP contribution in [-0.4, -0.2) is 47.4 Å². The fourth-order valence-electron chi connectivity index (χ4n) is 3.37. The van der Waals surface area contributed by atoms with E-state index in [1.807, 2.05) is 0 Å². The number of nitrogens with one attached hydrogen (secondary N) is 1. The van der Waals surface area contributed by atoms with Gasteiger partial charge in [0.1, 0.15) is 4.90 Å². The number of ether oxygens (including phenoxy) is 1. The number of nitrogens with zero attached hydrogens (tertiary/aromatic N) is 2. The van der Waals surface area contributed by atoms with Gasteiger partial charge in [-0.05, 0) is 30.3 Å². The molecular formula is C19H17F5N4O5S. The van der Waals surface area contributed by atoms with E-state index in [1.54, 1.807) is 0 Å². The van der Waals surface area contributed by atoms with Crippen molar-refractivity contribution in [2.75, 3.05) is 29.1 Å². The number of hydrogen-bond acceptors (Lipinski definition) is 7. The number of nitrogens with two attached hydrogens (primary N) is 1. The van der Waals surface area contributed by atoms with Crippen molar-refractivity contribution in [3.05, 3.63) is 42.5 Å². The average molecular weight is 508 g/mol. The summed E-state index contributed by atoms with van der Waals surface area (Å²) in [5.74, 6) is -2.01. The number of anilines is 3. The number of carbonyl (C=O) groups is 2. The Kier molecular flexibility index (Phi) is 5.08. The first-order valence-corrected chi connectivity index (χ1v) is 11.5. The highest BCUT2D eigenvalue weighted by atomic mass is 32.5. The summed E-state index contributed by atoms with van der Waals surface area (Å²) >= 11 is 0. The molecule has 0 spiro atoms. The lowest BCUT2D eigenvalue weighted by Gasteiger charge is -2.41. The molecule has 184 valence electrons. The van der Waals surface area contributed by atoms with Crippen molar-refractivity contribution in [2.45, 2.75) is 17.1 Å². The highest BCUT2D eigenvalue weighted by Gasteiger charge is 2.65. The Labute approximate surface area is 188 Å². The lowest BCUT2D eigenvalue weighted by molar-refractivity contribution is -0.150. The summed E-state index contributed by atoms with van der Waals surface area (Å²) in [7, 11) is -9.99. The smallest absolute Gasteiger partial charge is 0.310 e. The van der Waals surface area contributed by atoms with E-state index in [2.05, 4.69) is 10.5 Å². The molecule has 2 atom stereocenters. The summed E-state index contributed by atoms with van der Waals surface area (Å²) in [6.07, 6.45) is -3.85. The number of aliphatic hydroxyl groups is 1. The molecule has 1 unspecified atom stereocenters. The second kappa shape index (κ2) is 7.28. The molecule has 1 saturated heterocycles. The third-order valence-electron chi connectivity index (χ3n) is 5.02. The standard InChI is InChI=1S/C19H17F5N4O5S/c20-34(21,22,23,24)12-3-1-2-11(9-12)28-6-7-32-16(19(28)31)15(29)18(30)26-10-4-5-13-14(8-10)33-27-17(13)25/h1-5,8-9,15-16,29H,6-7H2,(H2,25,27)(H,26,30)/t15-,16?/m1/s1. The minimum Gasteiger partial charge on any atom is -0.380 e. The molecule has 2 heterocycles. The van der Waals surface area contributed by atoms with Crippen molar-refractivity contribution in [2.24, 2.45) is 0 Å². The Morgan fingerprint density at radius 2 is 1.94 bits per heavy atom. The maximum absolute atomic E-state index is 13.2. The molecule has 2 aromatic carbocycles. The average Bonchev–Trinajstić information content (AvgIpc) is 3.12. The first kappa shape index (κ1) is 23.7. The number of nitrogen functional groups attached to an aromatic ring is 1. The minimum atomic E-state index is -9.99. The molecule has 1 fully saturated rings. The van der Waals surface area contributed by atoms with Crippen LogP contribution in [0.4, 0.5) is 36.6 Å². The topological polar surface area (TPSA) is 131 Å². The van der Waals surface area contributed by atoms with Crippen LogP contribution in [0.15, 0.2) is 51.9 Å². The summed E-state index contributed by atoms with van der Waals surface area (Å²) in [6, 6.07) is 6.40. The van der Waals surface area contributed by atoms with Gasteiger partial charge in [-0.25, -0.2) is 0 Å². The number of morpholine rings is 1. The Morgan fingerprint density at radius 3 is 2.65 bits per heavy atom. The second-order valence-corrected chi connectivity index (χ2v) is 9.87. The van der Waals surface area contributed by atoms with Crippen molar-refractivity contribution in [3.63, 3.8) is 0 Å². The lowest BCUT2D eigenvalue weighted by atomic mass is 10.1. The Balaban J connectivity index is 1.53. The molecule has 9 nitrogen and oxygen atoms in total. The van der Waals surface area contributed by atoms with Crippen LogP contribution in [0.25, 0.3) is 11.0 Å². The predicted molar refractivity (Wildman–Crippen MR) is 113 cm³/mol. The third-order valence-corrected chi connectivity index (χ3v) is 6.16. The van der Waals surface area contributed by atoms with Crippen LogP contribution in [0, 0.1) is 0 Å². The molecule has 1 aliphatic rings. The van der Waals surface area contributed by atoms with Gasteiger partial charge in [-0.1, -0.05) is 30.7 Å². The van der Waals surface area contributed by atoms with Crippen LogP contribution >= 0.6 is 10.2 Å². The van der Waals surface area contributed by atoms with E-state index < -0.39 is 44.8 Å². The SMILES string of the molecule is Nc1noc2cc(NC(=O)[C@H](O)C3OCCN(c4cccc(S(F)(F)(F)(F)F)c4)C3=O)ccc12. The normalized spacial score (nSPS) is 20.0. The number of fused-ring (bicyclic) bond motifs is 1. The number of aliphatic hydroxyl groups excluding tert-OH is 1. The fourth-order valence-corrected chi connectivity index (χ4v) is 4.05. The number of halogens is 5. The highest BCUT2D eigenvalue weighted by molar-refractivity contribution is 8.45. The van der Waals surface area contributed by atoms with Crippen LogP contribution in [-0.2, 0) is 14.3 Å². The van der Waals surface area contributed by atoms with Crippen LogP contribution in [0.3, 0.4) is 0 Å². The molecule has 2 amide bonds. The predicted octanol–water partition coefficient (Wildman–Crippen LogP) is 3.80. The van der Waals surface area contributed by atoms with E-state index in [0.29, 0.717) is 5.39 Å². The van der Waals surface area contributed by atoms with Gasteiger partial charge in [0, 0.05) is 24.0 Å². The second-order valence-electron chi connectivity index (χ2n) is 7.46. The summed E-state index contributed by atoms with van der Waals surface area (Å²) in [5.41, 5.74) is 5.53. The van der Waals surface area contributed by atoms with Gasteiger partial charge in [0.05, 0.1) is 12.0 Å². The number of benzene rings is 2. The van der Waals surface area contributed by atoms with Crippen molar-refractivity contribution < 1.29 is 43.4 Å². The van der Waals surface area contributed by atoms with E-state index in [9.17, 15) is 34.1 Å². The van der Waals surface area contributed by atoms with E-state index in [4.69, 9.17) is 15.0 Å². The summed E-state index contributed by atoms with van der Waals surface area (Å²) in [6.45, 7) is -0.554. The van der Waals surface area contributed by atoms with Crippen molar-refractivity contribution in [1.82, 2.24) is 5.16 Å². The highest BCUT2D eigenvalue weighted by Crippen LogP contribution is 3.02. The molecule has 1 aliphatic heterocycles. The Morgan fingerprint density at radius 1 is 1.21 bits per heavy atom. The summed E-state index contributed by atoms with van der Waals surface area (Å²) in [5, 5.41) is 16.8. The third kappa shape index (κ3) is 4.62. The zero-order valence-corrected chi connectivity index (χ0v) is 17.8. The molecule has 0 radical (unpaired) electrons. The van der Waals surface area contributed by atoms with Crippen LogP contribution < -0.4 is 16.0 Å². The van der Waals surface area contributed by atoms with Crippen molar-refractivity contribution >= 4 is 50.2 Å². The molecular weight excluding hydrogens is 491 g/mol. The number of aromatic nitrogens is 1. The number of carbonyl (C=O) groups excluding carboxylic acids is 2. The maximum atomic E-state index is 13.2. The molecule has 0 saturated carbocycles. The molecule has 4 rings (SSSR count). The summed E-state index contributed by atoms with van der Waals surface area (Å²) < 4.78 is 76.0. The van der Waals surface area contributed by atoms with Crippen molar-refractivity contribution in [1.29, 1.82) is 0 Å². The van der Waals surface area contributed by atoms with Gasteiger partial charge in [-0.3, -0.25) is 9.59 Å². The minimum absolute atomic E-state index is 0.128. The zero-order chi connectivity index (χ0) is 25.0. The molecule has 0 aliphatic carbocycles. The fraction of sp³-hybridized carbons (Fsp3) is 0.211. The van der Waals surface area contributed by atoms with E-state index in [-0.39, 0.29) is 42.4 Å². The van der Waals surface area contributed by atoms with Crippen molar-refractivity contribution in [3.8, 4) is 0 Å². The summed E-state index contributed by atoms with van der Waals surface area (Å²) in [4.78, 5) is 23.8. The molecule has 4 N–H and O–H groups in total. The van der Waals surface area contributed by atoms with Gasteiger partial charge in [-0.2, -0.15) is 0 Å². The maximum Gasteiger partial charge on any atom is 0.310 e. The number of amides is 2. The molecule has 3 aromatic rings. The first-order chi connectivity index (χ1) is 15.6. The van der Waals surface area contributed by atoms with Gasteiger partial charge in [0.15, 0.2) is 23.6 Å².